The Hall–Kier alpha value is -2.62. The van der Waals surface area contributed by atoms with Gasteiger partial charge < -0.3 is 10.2 Å². The van der Waals surface area contributed by atoms with Crippen molar-refractivity contribution in [1.29, 1.82) is 0 Å². The summed E-state index contributed by atoms with van der Waals surface area (Å²) >= 11 is 0. The summed E-state index contributed by atoms with van der Waals surface area (Å²) in [5, 5.41) is 2.96. The van der Waals surface area contributed by atoms with E-state index >= 15 is 0 Å². The molecular weight excluding hydrogens is 336 g/mol. The van der Waals surface area contributed by atoms with Crippen LogP contribution in [0.1, 0.15) is 37.0 Å². The summed E-state index contributed by atoms with van der Waals surface area (Å²) < 4.78 is 0. The molecule has 3 rings (SSSR count). The lowest BCUT2D eigenvalue weighted by molar-refractivity contribution is -0.136. The first kappa shape index (κ1) is 19.2. The van der Waals surface area contributed by atoms with Crippen molar-refractivity contribution < 1.29 is 9.59 Å². The fraction of sp³-hybridized carbons (Fsp3) is 0.391. The lowest BCUT2D eigenvalue weighted by atomic mass is 10.1. The molecule has 2 aromatic carbocycles. The van der Waals surface area contributed by atoms with Crippen LogP contribution in [0.3, 0.4) is 0 Å². The van der Waals surface area contributed by atoms with Gasteiger partial charge in [0.05, 0.1) is 11.8 Å². The third-order valence-electron chi connectivity index (χ3n) is 5.32. The summed E-state index contributed by atoms with van der Waals surface area (Å²) in [4.78, 5) is 27.4. The molecule has 0 bridgehead atoms. The standard InChI is InChI=1S/C23H28N2O2/c1-15(2)25(14-18-8-6-5-7-9-18)23(27)21-13-20(21)22(26)24-19-11-10-16(3)17(4)12-19/h5-12,15,20-21H,13-14H2,1-4H3,(H,24,26). The maximum absolute atomic E-state index is 13.0. The Kier molecular flexibility index (Phi) is 5.64. The Balaban J connectivity index is 1.62. The van der Waals surface area contributed by atoms with E-state index < -0.39 is 0 Å². The molecule has 2 amide bonds. The zero-order valence-electron chi connectivity index (χ0n) is 16.5. The highest BCUT2D eigenvalue weighted by Crippen LogP contribution is 2.41. The van der Waals surface area contributed by atoms with Crippen LogP contribution in [0.2, 0.25) is 0 Å². The quantitative estimate of drug-likeness (QED) is 0.830. The van der Waals surface area contributed by atoms with Crippen LogP contribution in [0.15, 0.2) is 48.5 Å². The molecule has 2 aromatic rings. The van der Waals surface area contributed by atoms with Gasteiger partial charge in [-0.05, 0) is 62.9 Å². The average Bonchev–Trinajstić information content (AvgIpc) is 3.44. The first-order valence-corrected chi connectivity index (χ1v) is 9.59. The molecule has 1 fully saturated rings. The van der Waals surface area contributed by atoms with E-state index in [0.29, 0.717) is 13.0 Å². The number of hydrogen-bond acceptors (Lipinski definition) is 2. The zero-order valence-corrected chi connectivity index (χ0v) is 16.5. The first-order valence-electron chi connectivity index (χ1n) is 9.59. The van der Waals surface area contributed by atoms with Gasteiger partial charge in [-0.15, -0.1) is 0 Å². The van der Waals surface area contributed by atoms with E-state index in [4.69, 9.17) is 0 Å². The molecule has 2 unspecified atom stereocenters. The van der Waals surface area contributed by atoms with Crippen molar-refractivity contribution in [2.24, 2.45) is 11.8 Å². The van der Waals surface area contributed by atoms with E-state index in [-0.39, 0.29) is 29.7 Å². The van der Waals surface area contributed by atoms with Gasteiger partial charge in [-0.25, -0.2) is 0 Å². The molecule has 0 aromatic heterocycles. The molecule has 4 heteroatoms. The van der Waals surface area contributed by atoms with E-state index in [9.17, 15) is 9.59 Å². The summed E-state index contributed by atoms with van der Waals surface area (Å²) in [6, 6.07) is 16.0. The normalized spacial score (nSPS) is 18.3. The molecular formula is C23H28N2O2. The van der Waals surface area contributed by atoms with Crippen molar-refractivity contribution in [3.8, 4) is 0 Å². The minimum Gasteiger partial charge on any atom is -0.336 e. The minimum atomic E-state index is -0.226. The first-order chi connectivity index (χ1) is 12.9. The minimum absolute atomic E-state index is 0.0555. The van der Waals surface area contributed by atoms with Crippen LogP contribution in [0.5, 0.6) is 0 Å². The summed E-state index contributed by atoms with van der Waals surface area (Å²) in [5.74, 6) is -0.409. The number of hydrogen-bond donors (Lipinski definition) is 1. The van der Waals surface area contributed by atoms with Crippen LogP contribution in [0, 0.1) is 25.7 Å². The van der Waals surface area contributed by atoms with E-state index in [1.165, 1.54) is 5.56 Å². The van der Waals surface area contributed by atoms with Gasteiger partial charge in [0.2, 0.25) is 11.8 Å². The van der Waals surface area contributed by atoms with Crippen LogP contribution in [-0.4, -0.2) is 22.8 Å². The second-order valence-electron chi connectivity index (χ2n) is 7.78. The summed E-state index contributed by atoms with van der Waals surface area (Å²) in [6.45, 7) is 8.70. The van der Waals surface area contributed by atoms with Gasteiger partial charge in [-0.2, -0.15) is 0 Å². The molecule has 0 radical (unpaired) electrons. The van der Waals surface area contributed by atoms with E-state index in [0.717, 1.165) is 16.8 Å². The lowest BCUT2D eigenvalue weighted by Gasteiger charge is -2.27. The number of rotatable bonds is 6. The van der Waals surface area contributed by atoms with Crippen LogP contribution >= 0.6 is 0 Å². The third-order valence-corrected chi connectivity index (χ3v) is 5.32. The van der Waals surface area contributed by atoms with Crippen molar-refractivity contribution in [3.05, 3.63) is 65.2 Å². The van der Waals surface area contributed by atoms with E-state index in [2.05, 4.69) is 5.32 Å². The highest BCUT2D eigenvalue weighted by molar-refractivity contribution is 5.99. The molecule has 0 heterocycles. The van der Waals surface area contributed by atoms with Crippen LogP contribution in [-0.2, 0) is 16.1 Å². The predicted molar refractivity (Wildman–Crippen MR) is 108 cm³/mol. The van der Waals surface area contributed by atoms with Crippen LogP contribution in [0.4, 0.5) is 5.69 Å². The number of anilines is 1. The number of carbonyl (C=O) groups excluding carboxylic acids is 2. The smallest absolute Gasteiger partial charge is 0.228 e. The predicted octanol–water partition coefficient (Wildman–Crippen LogP) is 4.32. The van der Waals surface area contributed by atoms with Crippen molar-refractivity contribution in [2.75, 3.05) is 5.32 Å². The van der Waals surface area contributed by atoms with Crippen molar-refractivity contribution in [3.63, 3.8) is 0 Å². The third kappa shape index (κ3) is 4.57. The van der Waals surface area contributed by atoms with Gasteiger partial charge in [-0.1, -0.05) is 36.4 Å². The Morgan fingerprint density at radius 2 is 1.74 bits per heavy atom. The highest BCUT2D eigenvalue weighted by Gasteiger charge is 2.49. The fourth-order valence-electron chi connectivity index (χ4n) is 3.32. The molecule has 0 spiro atoms. The number of aryl methyl sites for hydroxylation is 2. The van der Waals surface area contributed by atoms with Crippen LogP contribution < -0.4 is 5.32 Å². The molecule has 0 aliphatic heterocycles. The molecule has 1 aliphatic rings. The van der Waals surface area contributed by atoms with Crippen LogP contribution in [0.25, 0.3) is 0 Å². The largest absolute Gasteiger partial charge is 0.336 e. The molecule has 0 saturated heterocycles. The van der Waals surface area contributed by atoms with E-state index in [1.807, 2.05) is 81.1 Å². The molecule has 1 saturated carbocycles. The number of nitrogens with one attached hydrogen (secondary N) is 1. The topological polar surface area (TPSA) is 49.4 Å². The van der Waals surface area contributed by atoms with Crippen molar-refractivity contribution in [2.45, 2.75) is 46.7 Å². The Morgan fingerprint density at radius 3 is 2.37 bits per heavy atom. The zero-order chi connectivity index (χ0) is 19.6. The molecule has 1 N–H and O–H groups in total. The van der Waals surface area contributed by atoms with Gasteiger partial charge in [0, 0.05) is 18.3 Å². The van der Waals surface area contributed by atoms with Gasteiger partial charge in [0.15, 0.2) is 0 Å². The molecule has 2 atom stereocenters. The van der Waals surface area contributed by atoms with E-state index in [1.54, 1.807) is 0 Å². The lowest BCUT2D eigenvalue weighted by Crippen LogP contribution is -2.38. The summed E-state index contributed by atoms with van der Waals surface area (Å²) in [7, 11) is 0. The van der Waals surface area contributed by atoms with Gasteiger partial charge in [0.25, 0.3) is 0 Å². The number of benzene rings is 2. The monoisotopic (exact) mass is 364 g/mol. The number of carbonyl (C=O) groups is 2. The SMILES string of the molecule is Cc1ccc(NC(=O)C2CC2C(=O)N(Cc2ccccc2)C(C)C)cc1C. The maximum Gasteiger partial charge on any atom is 0.228 e. The number of amides is 2. The van der Waals surface area contributed by atoms with Gasteiger partial charge in [-0.3, -0.25) is 9.59 Å². The van der Waals surface area contributed by atoms with Gasteiger partial charge >= 0.3 is 0 Å². The summed E-state index contributed by atoms with van der Waals surface area (Å²) in [5.41, 5.74) is 4.24. The molecule has 1 aliphatic carbocycles. The summed E-state index contributed by atoms with van der Waals surface area (Å²) in [6.07, 6.45) is 0.632. The second kappa shape index (κ2) is 7.95. The molecule has 142 valence electrons. The van der Waals surface area contributed by atoms with Crippen molar-refractivity contribution in [1.82, 2.24) is 4.90 Å². The Morgan fingerprint density at radius 1 is 1.04 bits per heavy atom. The Labute approximate surface area is 161 Å². The Bertz CT molecular complexity index is 830. The van der Waals surface area contributed by atoms with Gasteiger partial charge in [0.1, 0.15) is 0 Å². The second-order valence-corrected chi connectivity index (χ2v) is 7.78. The maximum atomic E-state index is 13.0. The van der Waals surface area contributed by atoms with Crippen molar-refractivity contribution >= 4 is 17.5 Å². The molecule has 4 nitrogen and oxygen atoms in total. The number of nitrogens with zero attached hydrogens (tertiary/aromatic N) is 1. The average molecular weight is 364 g/mol. The highest BCUT2D eigenvalue weighted by atomic mass is 16.2. The molecule has 27 heavy (non-hydrogen) atoms. The fourth-order valence-corrected chi connectivity index (χ4v) is 3.32.